The van der Waals surface area contributed by atoms with Gasteiger partial charge in [0.15, 0.2) is 11.5 Å². The number of benzene rings is 1. The topological polar surface area (TPSA) is 85.9 Å². The number of hydrogen-bond donors (Lipinski definition) is 2. The molecule has 1 aromatic rings. The fourth-order valence-corrected chi connectivity index (χ4v) is 4.13. The van der Waals surface area contributed by atoms with Crippen LogP contribution >= 0.6 is 0 Å². The summed E-state index contributed by atoms with van der Waals surface area (Å²) in [5.41, 5.74) is 1.68. The van der Waals surface area contributed by atoms with E-state index in [-0.39, 0.29) is 24.9 Å². The Labute approximate surface area is 164 Å². The van der Waals surface area contributed by atoms with E-state index in [1.807, 2.05) is 6.07 Å². The highest BCUT2D eigenvalue weighted by atomic mass is 16.7. The number of allylic oxidation sites excluding steroid dienone is 1. The maximum Gasteiger partial charge on any atom is 0.338 e. The van der Waals surface area contributed by atoms with Gasteiger partial charge in [0.2, 0.25) is 6.79 Å². The molecule has 1 aliphatic carbocycles. The molecule has 2 heterocycles. The largest absolute Gasteiger partial charge is 0.459 e. The molecule has 0 aromatic heterocycles. The monoisotopic (exact) mass is 386 g/mol. The molecule has 1 saturated carbocycles. The summed E-state index contributed by atoms with van der Waals surface area (Å²) < 4.78 is 16.6. The molecule has 7 nitrogen and oxygen atoms in total. The van der Waals surface area contributed by atoms with Crippen LogP contribution in [0.15, 0.2) is 29.5 Å². The first kappa shape index (κ1) is 18.7. The molecule has 0 spiro atoms. The van der Waals surface area contributed by atoms with Crippen molar-refractivity contribution in [3.8, 4) is 11.5 Å². The van der Waals surface area contributed by atoms with E-state index in [1.54, 1.807) is 19.1 Å². The average Bonchev–Trinajstić information content (AvgIpc) is 3.11. The standard InChI is InChI=1S/C21H26N2O5/c1-11-4-6-15(8-12(11)2)28-20(24)18-13(3)22-21(25)23-19(18)14-5-7-16-17(9-14)27-10-26-16/h5,7,9,11-12,15,19H,4,6,8,10H2,1-3H3,(H2,22,23,25)/t11-,12-,15+,19-/m0/s1. The lowest BCUT2D eigenvalue weighted by atomic mass is 9.80. The van der Waals surface area contributed by atoms with Gasteiger partial charge in [-0.1, -0.05) is 19.9 Å². The third-order valence-corrected chi connectivity index (χ3v) is 6.04. The minimum Gasteiger partial charge on any atom is -0.459 e. The molecule has 1 aromatic carbocycles. The first-order valence-electron chi connectivity index (χ1n) is 9.81. The van der Waals surface area contributed by atoms with Crippen LogP contribution in [0.3, 0.4) is 0 Å². The molecule has 1 fully saturated rings. The van der Waals surface area contributed by atoms with Crippen LogP contribution in [0.5, 0.6) is 11.5 Å². The summed E-state index contributed by atoms with van der Waals surface area (Å²) in [6.07, 6.45) is 2.71. The molecule has 2 aliphatic heterocycles. The second-order valence-electron chi connectivity index (χ2n) is 7.98. The fraction of sp³-hybridized carbons (Fsp3) is 0.524. The predicted molar refractivity (Wildman–Crippen MR) is 102 cm³/mol. The van der Waals surface area contributed by atoms with Gasteiger partial charge in [0, 0.05) is 5.70 Å². The number of fused-ring (bicyclic) bond motifs is 1. The molecule has 0 unspecified atom stereocenters. The molecule has 4 rings (SSSR count). The van der Waals surface area contributed by atoms with Crippen LogP contribution in [0.2, 0.25) is 0 Å². The predicted octanol–water partition coefficient (Wildman–Crippen LogP) is 3.41. The number of carbonyl (C=O) groups is 2. The van der Waals surface area contributed by atoms with Gasteiger partial charge in [-0.15, -0.1) is 0 Å². The van der Waals surface area contributed by atoms with E-state index in [0.29, 0.717) is 34.6 Å². The van der Waals surface area contributed by atoms with Gasteiger partial charge in [0.05, 0.1) is 11.6 Å². The van der Waals surface area contributed by atoms with Crippen LogP contribution in [0.25, 0.3) is 0 Å². The van der Waals surface area contributed by atoms with Gasteiger partial charge in [-0.3, -0.25) is 0 Å². The lowest BCUT2D eigenvalue weighted by Gasteiger charge is -2.33. The summed E-state index contributed by atoms with van der Waals surface area (Å²) in [4.78, 5) is 25.1. The number of carbonyl (C=O) groups excluding carboxylic acids is 2. The summed E-state index contributed by atoms with van der Waals surface area (Å²) >= 11 is 0. The van der Waals surface area contributed by atoms with Crippen molar-refractivity contribution in [2.75, 3.05) is 6.79 Å². The van der Waals surface area contributed by atoms with Crippen molar-refractivity contribution in [3.05, 3.63) is 35.0 Å². The zero-order valence-electron chi connectivity index (χ0n) is 16.4. The Balaban J connectivity index is 1.58. The van der Waals surface area contributed by atoms with Crippen molar-refractivity contribution in [3.63, 3.8) is 0 Å². The van der Waals surface area contributed by atoms with Crippen LogP contribution in [-0.4, -0.2) is 24.9 Å². The van der Waals surface area contributed by atoms with Gasteiger partial charge in [-0.2, -0.15) is 0 Å². The molecule has 7 heteroatoms. The van der Waals surface area contributed by atoms with Crippen molar-refractivity contribution in [2.24, 2.45) is 11.8 Å². The smallest absolute Gasteiger partial charge is 0.338 e. The summed E-state index contributed by atoms with van der Waals surface area (Å²) in [5.74, 6) is 2.03. The SMILES string of the molecule is CC1=C(C(=O)O[C@@H]2CC[C@H](C)[C@@H](C)C2)[C@H](c2ccc3c(c2)OCO3)NC(=O)N1. The van der Waals surface area contributed by atoms with Crippen LogP contribution in [0.1, 0.15) is 51.6 Å². The average molecular weight is 386 g/mol. The van der Waals surface area contributed by atoms with E-state index in [4.69, 9.17) is 14.2 Å². The summed E-state index contributed by atoms with van der Waals surface area (Å²) in [6.45, 7) is 6.33. The fourth-order valence-electron chi connectivity index (χ4n) is 4.13. The van der Waals surface area contributed by atoms with Crippen molar-refractivity contribution >= 4 is 12.0 Å². The van der Waals surface area contributed by atoms with Gasteiger partial charge in [0.25, 0.3) is 0 Å². The van der Waals surface area contributed by atoms with Crippen LogP contribution in [0, 0.1) is 11.8 Å². The second-order valence-corrected chi connectivity index (χ2v) is 7.98. The van der Waals surface area contributed by atoms with Crippen LogP contribution < -0.4 is 20.1 Å². The summed E-state index contributed by atoms with van der Waals surface area (Å²) in [7, 11) is 0. The molecule has 0 bridgehead atoms. The van der Waals surface area contributed by atoms with Crippen molar-refractivity contribution in [1.29, 1.82) is 0 Å². The van der Waals surface area contributed by atoms with Crippen molar-refractivity contribution < 1.29 is 23.8 Å². The van der Waals surface area contributed by atoms with E-state index in [2.05, 4.69) is 24.5 Å². The van der Waals surface area contributed by atoms with Crippen molar-refractivity contribution in [2.45, 2.75) is 52.2 Å². The number of rotatable bonds is 3. The Bertz CT molecular complexity index is 834. The molecule has 3 aliphatic rings. The molecule has 150 valence electrons. The molecule has 2 amide bonds. The molecular formula is C21H26N2O5. The maximum atomic E-state index is 13.1. The van der Waals surface area contributed by atoms with E-state index in [0.717, 1.165) is 24.8 Å². The quantitative estimate of drug-likeness (QED) is 0.778. The number of nitrogens with one attached hydrogen (secondary N) is 2. The summed E-state index contributed by atoms with van der Waals surface area (Å²) in [6, 6.07) is 4.46. The van der Waals surface area contributed by atoms with E-state index < -0.39 is 6.04 Å². The van der Waals surface area contributed by atoms with Gasteiger partial charge < -0.3 is 24.8 Å². The number of hydrogen-bond acceptors (Lipinski definition) is 5. The Hall–Kier alpha value is -2.70. The van der Waals surface area contributed by atoms with Crippen LogP contribution in [-0.2, 0) is 9.53 Å². The highest BCUT2D eigenvalue weighted by molar-refractivity contribution is 5.95. The minimum atomic E-state index is -0.601. The molecule has 0 radical (unpaired) electrons. The molecule has 28 heavy (non-hydrogen) atoms. The van der Waals surface area contributed by atoms with Gasteiger partial charge in [0.1, 0.15) is 6.10 Å². The normalized spacial score (nSPS) is 29.2. The Morgan fingerprint density at radius 3 is 2.71 bits per heavy atom. The number of ether oxygens (including phenoxy) is 3. The number of urea groups is 1. The van der Waals surface area contributed by atoms with Crippen LogP contribution in [0.4, 0.5) is 4.79 Å². The maximum absolute atomic E-state index is 13.1. The number of amides is 2. The lowest BCUT2D eigenvalue weighted by Crippen LogP contribution is -2.45. The lowest BCUT2D eigenvalue weighted by molar-refractivity contribution is -0.147. The second kappa shape index (κ2) is 7.37. The van der Waals surface area contributed by atoms with E-state index in [9.17, 15) is 9.59 Å². The third-order valence-electron chi connectivity index (χ3n) is 6.04. The molecule has 0 saturated heterocycles. The Kier molecular flexibility index (Phi) is 4.91. The Morgan fingerprint density at radius 1 is 1.14 bits per heavy atom. The van der Waals surface area contributed by atoms with Gasteiger partial charge in [-0.25, -0.2) is 9.59 Å². The first-order valence-corrected chi connectivity index (χ1v) is 9.81. The highest BCUT2D eigenvalue weighted by Crippen LogP contribution is 2.38. The first-order chi connectivity index (χ1) is 13.4. The van der Waals surface area contributed by atoms with Crippen molar-refractivity contribution in [1.82, 2.24) is 10.6 Å². The van der Waals surface area contributed by atoms with Gasteiger partial charge in [-0.05, 0) is 55.7 Å². The van der Waals surface area contributed by atoms with E-state index >= 15 is 0 Å². The minimum absolute atomic E-state index is 0.0889. The third kappa shape index (κ3) is 3.53. The molecular weight excluding hydrogens is 360 g/mol. The highest BCUT2D eigenvalue weighted by Gasteiger charge is 2.35. The zero-order valence-corrected chi connectivity index (χ0v) is 16.4. The summed E-state index contributed by atoms with van der Waals surface area (Å²) in [5, 5.41) is 5.52. The van der Waals surface area contributed by atoms with Gasteiger partial charge >= 0.3 is 12.0 Å². The molecule has 2 N–H and O–H groups in total. The molecule has 4 atom stereocenters. The van der Waals surface area contributed by atoms with E-state index in [1.165, 1.54) is 0 Å². The Morgan fingerprint density at radius 2 is 1.93 bits per heavy atom. The zero-order chi connectivity index (χ0) is 19.8. The number of esters is 1.